The third-order valence-electron chi connectivity index (χ3n) is 4.14. The molecule has 0 unspecified atom stereocenters. The van der Waals surface area contributed by atoms with Gasteiger partial charge in [-0.2, -0.15) is 0 Å². The molecular weight excluding hydrogens is 408 g/mol. The van der Waals surface area contributed by atoms with Crippen molar-refractivity contribution in [1.82, 2.24) is 5.32 Å². The van der Waals surface area contributed by atoms with Gasteiger partial charge in [-0.15, -0.1) is 0 Å². The molecule has 0 bridgehead atoms. The number of nitrogens with zero attached hydrogens (tertiary/aromatic N) is 1. The van der Waals surface area contributed by atoms with E-state index in [9.17, 15) is 14.4 Å². The molecule has 3 rings (SSSR count). The zero-order chi connectivity index (χ0) is 21.8. The second kappa shape index (κ2) is 9.00. The van der Waals surface area contributed by atoms with Crippen LogP contribution in [0.25, 0.3) is 6.08 Å². The normalized spacial score (nSPS) is 15.6. The molecule has 0 saturated carbocycles. The molecule has 1 aliphatic heterocycles. The van der Waals surface area contributed by atoms with E-state index in [1.54, 1.807) is 49.4 Å². The fraction of sp³-hybridized carbons (Fsp3) is 0.227. The van der Waals surface area contributed by atoms with Crippen molar-refractivity contribution in [2.75, 3.05) is 11.5 Å². The minimum atomic E-state index is -0.840. The second-order valence-corrected chi connectivity index (χ2v) is 7.12. The highest BCUT2D eigenvalue weighted by Gasteiger charge is 2.38. The van der Waals surface area contributed by atoms with Gasteiger partial charge in [-0.05, 0) is 56.7 Å². The first-order valence-corrected chi connectivity index (χ1v) is 9.79. The molecule has 0 atom stereocenters. The fourth-order valence-electron chi connectivity index (χ4n) is 2.92. The van der Waals surface area contributed by atoms with Gasteiger partial charge in [-0.3, -0.25) is 14.9 Å². The van der Waals surface area contributed by atoms with Crippen molar-refractivity contribution in [2.45, 2.75) is 26.9 Å². The summed E-state index contributed by atoms with van der Waals surface area (Å²) >= 11 is 6.25. The van der Waals surface area contributed by atoms with Crippen molar-refractivity contribution in [1.29, 1.82) is 0 Å². The van der Waals surface area contributed by atoms with Crippen LogP contribution in [0.4, 0.5) is 10.5 Å². The van der Waals surface area contributed by atoms with Gasteiger partial charge in [0.1, 0.15) is 17.1 Å². The molecule has 0 radical (unpaired) electrons. The monoisotopic (exact) mass is 428 g/mol. The first-order chi connectivity index (χ1) is 14.3. The highest BCUT2D eigenvalue weighted by atomic mass is 35.5. The number of hydrogen-bond acceptors (Lipinski definition) is 5. The average molecular weight is 429 g/mol. The Balaban J connectivity index is 1.98. The number of imide groups is 2. The number of para-hydroxylation sites is 2. The Kier molecular flexibility index (Phi) is 6.42. The molecule has 1 N–H and O–H groups in total. The molecule has 7 nitrogen and oxygen atoms in total. The molecule has 2 aromatic rings. The molecule has 4 amide bonds. The van der Waals surface area contributed by atoms with Crippen molar-refractivity contribution in [3.8, 4) is 11.5 Å². The summed E-state index contributed by atoms with van der Waals surface area (Å²) in [5.41, 5.74) is 0.565. The van der Waals surface area contributed by atoms with Gasteiger partial charge in [0.2, 0.25) is 0 Å². The molecule has 1 saturated heterocycles. The lowest BCUT2D eigenvalue weighted by Gasteiger charge is -2.27. The van der Waals surface area contributed by atoms with Crippen molar-refractivity contribution < 1.29 is 23.9 Å². The van der Waals surface area contributed by atoms with Crippen LogP contribution in [0.2, 0.25) is 5.02 Å². The van der Waals surface area contributed by atoms with E-state index in [2.05, 4.69) is 5.32 Å². The Morgan fingerprint density at radius 1 is 1.10 bits per heavy atom. The summed E-state index contributed by atoms with van der Waals surface area (Å²) in [5.74, 6) is -0.686. The summed E-state index contributed by atoms with van der Waals surface area (Å²) in [5, 5.41) is 2.54. The fourth-order valence-corrected chi connectivity index (χ4v) is 3.15. The number of carbonyl (C=O) groups excluding carboxylic acids is 3. The molecule has 1 fully saturated rings. The minimum absolute atomic E-state index is 0.0533. The molecule has 0 aromatic heterocycles. The van der Waals surface area contributed by atoms with Gasteiger partial charge < -0.3 is 9.47 Å². The molecule has 1 heterocycles. The van der Waals surface area contributed by atoms with Gasteiger partial charge in [0, 0.05) is 0 Å². The Bertz CT molecular complexity index is 1030. The van der Waals surface area contributed by atoms with Crippen LogP contribution in [-0.2, 0) is 9.59 Å². The molecule has 30 heavy (non-hydrogen) atoms. The predicted molar refractivity (Wildman–Crippen MR) is 114 cm³/mol. The third kappa shape index (κ3) is 4.46. The number of benzene rings is 2. The van der Waals surface area contributed by atoms with Crippen LogP contribution >= 0.6 is 11.6 Å². The number of rotatable bonds is 6. The van der Waals surface area contributed by atoms with Gasteiger partial charge in [-0.25, -0.2) is 9.69 Å². The van der Waals surface area contributed by atoms with E-state index in [4.69, 9.17) is 21.1 Å². The summed E-state index contributed by atoms with van der Waals surface area (Å²) < 4.78 is 11.1. The van der Waals surface area contributed by atoms with Gasteiger partial charge >= 0.3 is 6.03 Å². The number of nitrogens with one attached hydrogen (secondary N) is 1. The Morgan fingerprint density at radius 2 is 1.83 bits per heavy atom. The lowest BCUT2D eigenvalue weighted by Crippen LogP contribution is -2.54. The van der Waals surface area contributed by atoms with Crippen molar-refractivity contribution >= 4 is 41.2 Å². The van der Waals surface area contributed by atoms with Crippen LogP contribution < -0.4 is 19.7 Å². The van der Waals surface area contributed by atoms with Crippen LogP contribution in [-0.4, -0.2) is 30.6 Å². The SMILES string of the molecule is CCOc1ccccc1N1C(=O)NC(=O)/C(=C\c2ccc(OC(C)C)c(Cl)c2)C1=O. The van der Waals surface area contributed by atoms with Gasteiger partial charge in [0.25, 0.3) is 11.8 Å². The maximum absolute atomic E-state index is 13.1. The highest BCUT2D eigenvalue weighted by Crippen LogP contribution is 2.32. The summed E-state index contributed by atoms with van der Waals surface area (Å²) in [6, 6.07) is 10.7. The smallest absolute Gasteiger partial charge is 0.336 e. The zero-order valence-electron chi connectivity index (χ0n) is 16.8. The van der Waals surface area contributed by atoms with E-state index in [1.165, 1.54) is 6.08 Å². The van der Waals surface area contributed by atoms with E-state index in [0.717, 1.165) is 4.90 Å². The summed E-state index contributed by atoms with van der Waals surface area (Å²) in [6.45, 7) is 5.90. The Morgan fingerprint density at radius 3 is 2.50 bits per heavy atom. The number of anilines is 1. The maximum atomic E-state index is 13.1. The van der Waals surface area contributed by atoms with Gasteiger partial charge in [0.05, 0.1) is 23.4 Å². The standard InChI is InChI=1S/C22H21ClN2O5/c1-4-29-19-8-6-5-7-17(19)25-21(27)15(20(26)24-22(25)28)11-14-9-10-18(16(23)12-14)30-13(2)3/h5-13H,4H2,1-3H3,(H,24,26,28)/b15-11+. The third-order valence-corrected chi connectivity index (χ3v) is 4.43. The minimum Gasteiger partial charge on any atom is -0.492 e. The van der Waals surface area contributed by atoms with Crippen molar-refractivity contribution in [3.63, 3.8) is 0 Å². The maximum Gasteiger partial charge on any atom is 0.336 e. The number of amides is 4. The van der Waals surface area contributed by atoms with E-state index < -0.39 is 17.8 Å². The molecule has 0 spiro atoms. The second-order valence-electron chi connectivity index (χ2n) is 6.72. The molecule has 156 valence electrons. The Hall–Kier alpha value is -3.32. The number of ether oxygens (including phenoxy) is 2. The van der Waals surface area contributed by atoms with Crippen LogP contribution in [0.15, 0.2) is 48.0 Å². The van der Waals surface area contributed by atoms with Gasteiger partial charge in [0.15, 0.2) is 0 Å². The van der Waals surface area contributed by atoms with E-state index in [1.807, 2.05) is 13.8 Å². The van der Waals surface area contributed by atoms with Gasteiger partial charge in [-0.1, -0.05) is 29.8 Å². The molecule has 2 aromatic carbocycles. The summed E-state index contributed by atoms with van der Waals surface area (Å²) in [6.07, 6.45) is 1.33. The first-order valence-electron chi connectivity index (χ1n) is 9.41. The number of carbonyl (C=O) groups is 3. The van der Waals surface area contributed by atoms with Crippen molar-refractivity contribution in [3.05, 3.63) is 58.6 Å². The molecule has 1 aliphatic rings. The van der Waals surface area contributed by atoms with E-state index in [0.29, 0.717) is 28.7 Å². The number of urea groups is 1. The van der Waals surface area contributed by atoms with Crippen LogP contribution in [0.5, 0.6) is 11.5 Å². The molecule has 8 heteroatoms. The van der Waals surface area contributed by atoms with Crippen molar-refractivity contribution in [2.24, 2.45) is 0 Å². The summed E-state index contributed by atoms with van der Waals surface area (Å²) in [7, 11) is 0. The number of barbiturate groups is 1. The van der Waals surface area contributed by atoms with E-state index in [-0.39, 0.29) is 17.4 Å². The highest BCUT2D eigenvalue weighted by molar-refractivity contribution is 6.39. The predicted octanol–water partition coefficient (Wildman–Crippen LogP) is 4.19. The largest absolute Gasteiger partial charge is 0.492 e. The van der Waals surface area contributed by atoms with Crippen LogP contribution in [0.3, 0.4) is 0 Å². The molecule has 0 aliphatic carbocycles. The quantitative estimate of drug-likeness (QED) is 0.550. The lowest BCUT2D eigenvalue weighted by molar-refractivity contribution is -0.122. The van der Waals surface area contributed by atoms with E-state index >= 15 is 0 Å². The molecular formula is C22H21ClN2O5. The zero-order valence-corrected chi connectivity index (χ0v) is 17.5. The van der Waals surface area contributed by atoms with Crippen LogP contribution in [0.1, 0.15) is 26.3 Å². The summed E-state index contributed by atoms with van der Waals surface area (Å²) in [4.78, 5) is 38.7. The topological polar surface area (TPSA) is 84.9 Å². The van der Waals surface area contributed by atoms with Crippen LogP contribution in [0, 0.1) is 0 Å². The number of hydrogen-bond donors (Lipinski definition) is 1. The number of halogens is 1. The first kappa shape index (κ1) is 21.4. The Labute approximate surface area is 179 Å². The average Bonchev–Trinajstić information content (AvgIpc) is 2.68. The lowest BCUT2D eigenvalue weighted by atomic mass is 10.1.